The molecule has 18 heavy (non-hydrogen) atoms. The fourth-order valence-corrected chi connectivity index (χ4v) is 1.54. The second-order valence-electron chi connectivity index (χ2n) is 4.40. The second-order valence-corrected chi connectivity index (χ2v) is 4.40. The molecule has 0 aromatic heterocycles. The summed E-state index contributed by atoms with van der Waals surface area (Å²) in [5, 5.41) is 2.89. The second kappa shape index (κ2) is 6.84. The Kier molecular flexibility index (Phi) is 5.43. The molecular formula is C15H21NO2. The summed E-state index contributed by atoms with van der Waals surface area (Å²) in [5.41, 5.74) is 2.05. The van der Waals surface area contributed by atoms with Crippen LogP contribution in [0.5, 0.6) is 5.75 Å². The van der Waals surface area contributed by atoms with Gasteiger partial charge in [-0.2, -0.15) is 0 Å². The predicted octanol–water partition coefficient (Wildman–Crippen LogP) is 2.93. The molecule has 0 heterocycles. The summed E-state index contributed by atoms with van der Waals surface area (Å²) in [6, 6.07) is 6.07. The molecule has 1 amide bonds. The van der Waals surface area contributed by atoms with E-state index in [2.05, 4.69) is 5.32 Å². The van der Waals surface area contributed by atoms with E-state index in [-0.39, 0.29) is 11.9 Å². The number of hydrogen-bond acceptors (Lipinski definition) is 2. The average Bonchev–Trinajstić information content (AvgIpc) is 2.36. The maximum atomic E-state index is 11.6. The highest BCUT2D eigenvalue weighted by Gasteiger charge is 2.03. The van der Waals surface area contributed by atoms with E-state index in [0.29, 0.717) is 0 Å². The third-order valence-electron chi connectivity index (χ3n) is 2.80. The Balaban J connectivity index is 2.77. The van der Waals surface area contributed by atoms with E-state index in [0.717, 1.165) is 23.3 Å². The van der Waals surface area contributed by atoms with Crippen molar-refractivity contribution in [2.45, 2.75) is 33.2 Å². The number of aryl methyl sites for hydroxylation is 1. The minimum Gasteiger partial charge on any atom is -0.496 e. The van der Waals surface area contributed by atoms with E-state index in [4.69, 9.17) is 4.74 Å². The summed E-state index contributed by atoms with van der Waals surface area (Å²) in [4.78, 5) is 11.6. The van der Waals surface area contributed by atoms with Crippen molar-refractivity contribution in [1.82, 2.24) is 5.32 Å². The molecule has 1 rings (SSSR count). The monoisotopic (exact) mass is 247 g/mol. The fourth-order valence-electron chi connectivity index (χ4n) is 1.54. The number of rotatable bonds is 5. The number of amides is 1. The molecule has 0 aliphatic rings. The molecule has 0 fully saturated rings. The fraction of sp³-hybridized carbons (Fsp3) is 0.400. The van der Waals surface area contributed by atoms with Gasteiger partial charge in [0, 0.05) is 17.7 Å². The molecule has 0 radical (unpaired) electrons. The van der Waals surface area contributed by atoms with Gasteiger partial charge in [-0.1, -0.05) is 18.6 Å². The first-order chi connectivity index (χ1) is 8.56. The lowest BCUT2D eigenvalue weighted by Crippen LogP contribution is -2.30. The van der Waals surface area contributed by atoms with Crippen LogP contribution in [0, 0.1) is 6.92 Å². The predicted molar refractivity (Wildman–Crippen MR) is 74.7 cm³/mol. The van der Waals surface area contributed by atoms with Gasteiger partial charge in [0.05, 0.1) is 7.11 Å². The van der Waals surface area contributed by atoms with Crippen LogP contribution >= 0.6 is 0 Å². The number of ether oxygens (including phenoxy) is 1. The number of nitrogens with one attached hydrogen (secondary N) is 1. The zero-order valence-electron chi connectivity index (χ0n) is 11.5. The van der Waals surface area contributed by atoms with Crippen molar-refractivity contribution in [3.8, 4) is 5.75 Å². The van der Waals surface area contributed by atoms with Gasteiger partial charge < -0.3 is 10.1 Å². The lowest BCUT2D eigenvalue weighted by Gasteiger charge is -2.09. The van der Waals surface area contributed by atoms with Gasteiger partial charge in [0.15, 0.2) is 0 Å². The van der Waals surface area contributed by atoms with Crippen LogP contribution in [0.15, 0.2) is 24.3 Å². The molecular weight excluding hydrogens is 226 g/mol. The first kappa shape index (κ1) is 14.3. The Morgan fingerprint density at radius 3 is 2.83 bits per heavy atom. The summed E-state index contributed by atoms with van der Waals surface area (Å²) in [6.45, 7) is 6.03. The van der Waals surface area contributed by atoms with Gasteiger partial charge in [-0.05, 0) is 38.5 Å². The highest BCUT2D eigenvalue weighted by Crippen LogP contribution is 2.20. The van der Waals surface area contributed by atoms with Gasteiger partial charge in [0.1, 0.15) is 5.75 Å². The maximum absolute atomic E-state index is 11.6. The van der Waals surface area contributed by atoms with Gasteiger partial charge in [0.25, 0.3) is 0 Å². The van der Waals surface area contributed by atoms with Crippen LogP contribution in [0.3, 0.4) is 0 Å². The number of benzene rings is 1. The maximum Gasteiger partial charge on any atom is 0.244 e. The van der Waals surface area contributed by atoms with Crippen LogP contribution in [0.25, 0.3) is 6.08 Å². The molecule has 0 saturated heterocycles. The van der Waals surface area contributed by atoms with E-state index in [1.54, 1.807) is 19.3 Å². The summed E-state index contributed by atoms with van der Waals surface area (Å²) >= 11 is 0. The molecule has 0 aliphatic carbocycles. The molecule has 0 saturated carbocycles. The summed E-state index contributed by atoms with van der Waals surface area (Å²) in [6.07, 6.45) is 4.25. The summed E-state index contributed by atoms with van der Waals surface area (Å²) < 4.78 is 5.25. The van der Waals surface area contributed by atoms with Crippen molar-refractivity contribution in [3.05, 3.63) is 35.4 Å². The van der Waals surface area contributed by atoms with Crippen LogP contribution in [0.1, 0.15) is 31.4 Å². The van der Waals surface area contributed by atoms with Gasteiger partial charge in [-0.25, -0.2) is 0 Å². The quantitative estimate of drug-likeness (QED) is 0.812. The van der Waals surface area contributed by atoms with Gasteiger partial charge in [-0.15, -0.1) is 0 Å². The Bertz CT molecular complexity index is 438. The summed E-state index contributed by atoms with van der Waals surface area (Å²) in [7, 11) is 1.63. The highest BCUT2D eigenvalue weighted by molar-refractivity contribution is 5.92. The first-order valence-electron chi connectivity index (χ1n) is 6.20. The molecule has 3 nitrogen and oxygen atoms in total. The third kappa shape index (κ3) is 4.24. The molecule has 0 bridgehead atoms. The number of carbonyl (C=O) groups excluding carboxylic acids is 1. The van der Waals surface area contributed by atoms with Crippen molar-refractivity contribution >= 4 is 12.0 Å². The van der Waals surface area contributed by atoms with Crippen LogP contribution < -0.4 is 10.1 Å². The number of methoxy groups -OCH3 is 1. The lowest BCUT2D eigenvalue weighted by atomic mass is 10.1. The Labute approximate surface area is 109 Å². The molecule has 1 N–H and O–H groups in total. The van der Waals surface area contributed by atoms with E-state index in [1.807, 2.05) is 39.0 Å². The SMILES string of the molecule is CCC(C)NC(=O)/C=C/c1cc(C)ccc1OC. The largest absolute Gasteiger partial charge is 0.496 e. The zero-order valence-corrected chi connectivity index (χ0v) is 11.5. The van der Waals surface area contributed by atoms with E-state index in [9.17, 15) is 4.79 Å². The zero-order chi connectivity index (χ0) is 13.5. The standard InChI is InChI=1S/C15H21NO2/c1-5-12(3)16-15(17)9-7-13-10-11(2)6-8-14(13)18-4/h6-10,12H,5H2,1-4H3,(H,16,17)/b9-7+. The topological polar surface area (TPSA) is 38.3 Å². The van der Waals surface area contributed by atoms with Gasteiger partial charge >= 0.3 is 0 Å². The minimum atomic E-state index is -0.0760. The summed E-state index contributed by atoms with van der Waals surface area (Å²) in [5.74, 6) is 0.695. The van der Waals surface area contributed by atoms with Crippen molar-refractivity contribution in [1.29, 1.82) is 0 Å². The number of hydrogen-bond donors (Lipinski definition) is 1. The molecule has 1 unspecified atom stereocenters. The number of carbonyl (C=O) groups is 1. The normalized spacial score (nSPS) is 12.4. The Hall–Kier alpha value is -1.77. The van der Waals surface area contributed by atoms with Gasteiger partial charge in [-0.3, -0.25) is 4.79 Å². The van der Waals surface area contributed by atoms with E-state index >= 15 is 0 Å². The molecule has 98 valence electrons. The molecule has 1 aromatic carbocycles. The lowest BCUT2D eigenvalue weighted by molar-refractivity contribution is -0.117. The van der Waals surface area contributed by atoms with Crippen molar-refractivity contribution < 1.29 is 9.53 Å². The van der Waals surface area contributed by atoms with Crippen LogP contribution in [0.2, 0.25) is 0 Å². The van der Waals surface area contributed by atoms with Crippen molar-refractivity contribution in [3.63, 3.8) is 0 Å². The van der Waals surface area contributed by atoms with Crippen molar-refractivity contribution in [2.75, 3.05) is 7.11 Å². The first-order valence-corrected chi connectivity index (χ1v) is 6.20. The van der Waals surface area contributed by atoms with Crippen LogP contribution in [-0.2, 0) is 4.79 Å². The smallest absolute Gasteiger partial charge is 0.244 e. The minimum absolute atomic E-state index is 0.0760. The molecule has 1 aromatic rings. The molecule has 3 heteroatoms. The highest BCUT2D eigenvalue weighted by atomic mass is 16.5. The van der Waals surface area contributed by atoms with Crippen LogP contribution in [-0.4, -0.2) is 19.1 Å². The molecule has 1 atom stereocenters. The Morgan fingerprint density at radius 2 is 2.22 bits per heavy atom. The molecule has 0 spiro atoms. The molecule has 0 aliphatic heterocycles. The Morgan fingerprint density at radius 1 is 1.50 bits per heavy atom. The van der Waals surface area contributed by atoms with Crippen molar-refractivity contribution in [2.24, 2.45) is 0 Å². The average molecular weight is 247 g/mol. The third-order valence-corrected chi connectivity index (χ3v) is 2.80. The van der Waals surface area contributed by atoms with Gasteiger partial charge in [0.2, 0.25) is 5.91 Å². The van der Waals surface area contributed by atoms with E-state index in [1.165, 1.54) is 0 Å². The van der Waals surface area contributed by atoms with Crippen LogP contribution in [0.4, 0.5) is 0 Å². The van der Waals surface area contributed by atoms with E-state index < -0.39 is 0 Å².